The van der Waals surface area contributed by atoms with Crippen LogP contribution in [0.4, 0.5) is 17.6 Å². The standard InChI is InChI=1S/C18H13ClF4N4O3S/c19-11-2-1-3-12(20)16(11)15-9(6-14(24)28)4-5-13(17(15)31(25,29)30)27-8-10(7-26-27)18(21,22)23/h1-5,7-8H,6H2,(H2,24,28)(H2,25,29,30). The molecule has 0 unspecified atom stereocenters. The average molecular weight is 477 g/mol. The second kappa shape index (κ2) is 7.94. The Morgan fingerprint density at radius 1 is 1.16 bits per heavy atom. The molecular weight excluding hydrogens is 464 g/mol. The quantitative estimate of drug-likeness (QED) is 0.550. The first-order valence-corrected chi connectivity index (χ1v) is 10.3. The number of aromatic nitrogens is 2. The Hall–Kier alpha value is -2.96. The molecule has 0 spiro atoms. The molecule has 0 fully saturated rings. The first-order chi connectivity index (χ1) is 14.3. The summed E-state index contributed by atoms with van der Waals surface area (Å²) in [5.74, 6) is -1.82. The van der Waals surface area contributed by atoms with Crippen molar-refractivity contribution in [3.63, 3.8) is 0 Å². The molecular formula is C18H13ClF4N4O3S. The molecule has 0 atom stereocenters. The molecule has 2 aromatic carbocycles. The van der Waals surface area contributed by atoms with E-state index in [1.165, 1.54) is 18.2 Å². The summed E-state index contributed by atoms with van der Waals surface area (Å²) in [6, 6.07) is 5.82. The topological polar surface area (TPSA) is 121 Å². The predicted octanol–water partition coefficient (Wildman–Crippen LogP) is 3.03. The number of primary sulfonamides is 1. The van der Waals surface area contributed by atoms with E-state index >= 15 is 0 Å². The van der Waals surface area contributed by atoms with Crippen LogP contribution < -0.4 is 10.9 Å². The Labute approximate surface area is 178 Å². The lowest BCUT2D eigenvalue weighted by Gasteiger charge is -2.18. The van der Waals surface area contributed by atoms with Gasteiger partial charge in [0.1, 0.15) is 10.7 Å². The fourth-order valence-corrected chi connectivity index (χ4v) is 4.26. The summed E-state index contributed by atoms with van der Waals surface area (Å²) in [4.78, 5) is 10.8. The van der Waals surface area contributed by atoms with Gasteiger partial charge in [-0.3, -0.25) is 4.79 Å². The van der Waals surface area contributed by atoms with Crippen molar-refractivity contribution in [1.29, 1.82) is 0 Å². The van der Waals surface area contributed by atoms with Crippen LogP contribution in [-0.2, 0) is 27.4 Å². The highest BCUT2D eigenvalue weighted by atomic mass is 35.5. The van der Waals surface area contributed by atoms with E-state index in [1.807, 2.05) is 0 Å². The number of primary amides is 1. The van der Waals surface area contributed by atoms with Crippen molar-refractivity contribution in [1.82, 2.24) is 9.78 Å². The number of halogens is 5. The molecule has 1 heterocycles. The third kappa shape index (κ3) is 4.55. The second-order valence-electron chi connectivity index (χ2n) is 6.40. The van der Waals surface area contributed by atoms with Gasteiger partial charge in [0.05, 0.1) is 28.9 Å². The van der Waals surface area contributed by atoms with Crippen LogP contribution in [0.3, 0.4) is 0 Å². The molecule has 0 aliphatic heterocycles. The van der Waals surface area contributed by atoms with Gasteiger partial charge < -0.3 is 5.73 Å². The van der Waals surface area contributed by atoms with E-state index in [2.05, 4.69) is 5.10 Å². The number of sulfonamides is 1. The summed E-state index contributed by atoms with van der Waals surface area (Å²) in [5.41, 5.74) is 2.81. The minimum absolute atomic E-state index is 0.0459. The molecule has 0 aliphatic carbocycles. The predicted molar refractivity (Wildman–Crippen MR) is 103 cm³/mol. The molecule has 0 saturated carbocycles. The van der Waals surface area contributed by atoms with Crippen molar-refractivity contribution in [2.24, 2.45) is 10.9 Å². The van der Waals surface area contributed by atoms with Crippen LogP contribution in [0.2, 0.25) is 5.02 Å². The van der Waals surface area contributed by atoms with Gasteiger partial charge in [-0.1, -0.05) is 23.7 Å². The Morgan fingerprint density at radius 3 is 2.35 bits per heavy atom. The van der Waals surface area contributed by atoms with Crippen molar-refractivity contribution in [3.8, 4) is 16.8 Å². The zero-order valence-electron chi connectivity index (χ0n) is 15.3. The summed E-state index contributed by atoms with van der Waals surface area (Å²) in [5, 5.41) is 8.69. The molecule has 1 aromatic heterocycles. The van der Waals surface area contributed by atoms with Crippen LogP contribution >= 0.6 is 11.6 Å². The van der Waals surface area contributed by atoms with E-state index in [9.17, 15) is 30.8 Å². The number of alkyl halides is 3. The molecule has 0 bridgehead atoms. The Kier molecular flexibility index (Phi) is 5.82. The third-order valence-electron chi connectivity index (χ3n) is 4.24. The van der Waals surface area contributed by atoms with Gasteiger partial charge in [-0.2, -0.15) is 18.3 Å². The largest absolute Gasteiger partial charge is 0.419 e. The van der Waals surface area contributed by atoms with Gasteiger partial charge in [-0.15, -0.1) is 0 Å². The fraction of sp³-hybridized carbons (Fsp3) is 0.111. The van der Waals surface area contributed by atoms with Crippen molar-refractivity contribution in [2.45, 2.75) is 17.5 Å². The number of nitrogens with two attached hydrogens (primary N) is 2. The molecule has 0 radical (unpaired) electrons. The minimum atomic E-state index is -4.75. The monoisotopic (exact) mass is 476 g/mol. The van der Waals surface area contributed by atoms with Crippen LogP contribution in [-0.4, -0.2) is 24.1 Å². The van der Waals surface area contributed by atoms with E-state index in [0.717, 1.165) is 12.1 Å². The molecule has 0 saturated heterocycles. The Balaban J connectivity index is 2.46. The van der Waals surface area contributed by atoms with Crippen LogP contribution in [0.5, 0.6) is 0 Å². The Bertz CT molecular complexity index is 1270. The van der Waals surface area contributed by atoms with E-state index in [1.54, 1.807) is 0 Å². The minimum Gasteiger partial charge on any atom is -0.369 e. The smallest absolute Gasteiger partial charge is 0.369 e. The summed E-state index contributed by atoms with van der Waals surface area (Å²) < 4.78 is 79.4. The lowest BCUT2D eigenvalue weighted by Crippen LogP contribution is -2.20. The van der Waals surface area contributed by atoms with Gasteiger partial charge >= 0.3 is 6.18 Å². The van der Waals surface area contributed by atoms with Crippen molar-refractivity contribution < 1.29 is 30.8 Å². The third-order valence-corrected chi connectivity index (χ3v) is 5.54. The van der Waals surface area contributed by atoms with Crippen LogP contribution in [0, 0.1) is 5.82 Å². The number of rotatable bonds is 5. The maximum atomic E-state index is 14.7. The molecule has 164 valence electrons. The van der Waals surface area contributed by atoms with Crippen LogP contribution in [0.1, 0.15) is 11.1 Å². The number of nitrogens with zero attached hydrogens (tertiary/aromatic N) is 2. The molecule has 13 heteroatoms. The molecule has 0 aliphatic rings. The lowest BCUT2D eigenvalue weighted by molar-refractivity contribution is -0.137. The number of benzene rings is 2. The van der Waals surface area contributed by atoms with Crippen molar-refractivity contribution >= 4 is 27.5 Å². The van der Waals surface area contributed by atoms with Gasteiger partial charge in [-0.05, 0) is 23.8 Å². The van der Waals surface area contributed by atoms with Gasteiger partial charge in [0.2, 0.25) is 15.9 Å². The summed E-state index contributed by atoms with van der Waals surface area (Å²) >= 11 is 6.09. The molecule has 7 nitrogen and oxygen atoms in total. The molecule has 3 rings (SSSR count). The lowest BCUT2D eigenvalue weighted by atomic mass is 9.96. The first kappa shape index (κ1) is 22.7. The van der Waals surface area contributed by atoms with E-state index in [-0.39, 0.29) is 10.6 Å². The second-order valence-corrected chi connectivity index (χ2v) is 8.31. The maximum Gasteiger partial charge on any atom is 0.419 e. The maximum absolute atomic E-state index is 14.7. The highest BCUT2D eigenvalue weighted by Crippen LogP contribution is 2.40. The summed E-state index contributed by atoms with van der Waals surface area (Å²) in [7, 11) is -4.70. The Morgan fingerprint density at radius 2 is 1.84 bits per heavy atom. The highest BCUT2D eigenvalue weighted by molar-refractivity contribution is 7.89. The summed E-state index contributed by atoms with van der Waals surface area (Å²) in [6.07, 6.45) is -4.23. The van der Waals surface area contributed by atoms with Crippen LogP contribution in [0.15, 0.2) is 47.6 Å². The number of hydrogen-bond acceptors (Lipinski definition) is 4. The van der Waals surface area contributed by atoms with E-state index in [4.69, 9.17) is 22.5 Å². The fourth-order valence-electron chi connectivity index (χ4n) is 3.03. The normalized spacial score (nSPS) is 12.2. The first-order valence-electron chi connectivity index (χ1n) is 8.34. The van der Waals surface area contributed by atoms with Gasteiger partial charge in [0.15, 0.2) is 0 Å². The number of amides is 1. The van der Waals surface area contributed by atoms with E-state index < -0.39 is 61.6 Å². The molecule has 3 aromatic rings. The SMILES string of the molecule is NC(=O)Cc1ccc(-n2cc(C(F)(F)F)cn2)c(S(N)(=O)=O)c1-c1c(F)cccc1Cl. The highest BCUT2D eigenvalue weighted by Gasteiger charge is 2.34. The van der Waals surface area contributed by atoms with Gasteiger partial charge in [-0.25, -0.2) is 22.6 Å². The zero-order chi connectivity index (χ0) is 23.1. The number of carbonyl (C=O) groups is 1. The number of carbonyl (C=O) groups excluding carboxylic acids is 1. The van der Waals surface area contributed by atoms with Crippen molar-refractivity contribution in [3.05, 3.63) is 64.7 Å². The summed E-state index contributed by atoms with van der Waals surface area (Å²) in [6.45, 7) is 0. The van der Waals surface area contributed by atoms with Crippen molar-refractivity contribution in [2.75, 3.05) is 0 Å². The average Bonchev–Trinajstić information content (AvgIpc) is 3.11. The van der Waals surface area contributed by atoms with E-state index in [0.29, 0.717) is 17.1 Å². The zero-order valence-corrected chi connectivity index (χ0v) is 16.9. The van der Waals surface area contributed by atoms with Gasteiger partial charge in [0.25, 0.3) is 0 Å². The van der Waals surface area contributed by atoms with Crippen LogP contribution in [0.25, 0.3) is 16.8 Å². The van der Waals surface area contributed by atoms with Gasteiger partial charge in [0, 0.05) is 17.3 Å². The molecule has 1 amide bonds. The number of hydrogen-bond donors (Lipinski definition) is 2. The molecule has 31 heavy (non-hydrogen) atoms. The molecule has 4 N–H and O–H groups in total.